The highest BCUT2D eigenvalue weighted by atomic mass is 32.2. The molecule has 8 heteroatoms. The van der Waals surface area contributed by atoms with Crippen molar-refractivity contribution in [1.29, 1.82) is 0 Å². The first-order chi connectivity index (χ1) is 11.0. The van der Waals surface area contributed by atoms with Gasteiger partial charge in [0.05, 0.1) is 6.54 Å². The molecule has 0 unspecified atom stereocenters. The van der Waals surface area contributed by atoms with Crippen molar-refractivity contribution >= 4 is 21.2 Å². The molecule has 0 aliphatic heterocycles. The van der Waals surface area contributed by atoms with Crippen molar-refractivity contribution in [3.63, 3.8) is 0 Å². The molecule has 0 fully saturated rings. The summed E-state index contributed by atoms with van der Waals surface area (Å²) in [6, 6.07) is 9.65. The minimum Gasteiger partial charge on any atom is -0.298 e. The SMILES string of the molecule is Cc1cnc(CS(=O)(=O)c2nnc(C)n2Cc2ccccc2)s1. The topological polar surface area (TPSA) is 77.7 Å². The molecular formula is C15H16N4O2S2. The van der Waals surface area contributed by atoms with E-state index in [2.05, 4.69) is 15.2 Å². The summed E-state index contributed by atoms with van der Waals surface area (Å²) in [7, 11) is -3.59. The predicted octanol–water partition coefficient (Wildman–Crippen LogP) is 2.37. The molecule has 0 N–H and O–H groups in total. The molecule has 3 rings (SSSR count). The van der Waals surface area contributed by atoms with Gasteiger partial charge in [-0.25, -0.2) is 13.4 Å². The van der Waals surface area contributed by atoms with Gasteiger partial charge in [0.25, 0.3) is 0 Å². The second-order valence-electron chi connectivity index (χ2n) is 5.23. The van der Waals surface area contributed by atoms with Gasteiger partial charge in [0, 0.05) is 11.1 Å². The van der Waals surface area contributed by atoms with Gasteiger partial charge in [-0.1, -0.05) is 30.3 Å². The van der Waals surface area contributed by atoms with Crippen LogP contribution in [0.5, 0.6) is 0 Å². The number of sulfone groups is 1. The fourth-order valence-electron chi connectivity index (χ4n) is 2.23. The molecule has 0 radical (unpaired) electrons. The lowest BCUT2D eigenvalue weighted by Crippen LogP contribution is -2.14. The molecule has 1 aromatic carbocycles. The van der Waals surface area contributed by atoms with E-state index >= 15 is 0 Å². The first-order valence-electron chi connectivity index (χ1n) is 7.03. The predicted molar refractivity (Wildman–Crippen MR) is 88.0 cm³/mol. The Labute approximate surface area is 138 Å². The van der Waals surface area contributed by atoms with Gasteiger partial charge in [0.2, 0.25) is 15.0 Å². The van der Waals surface area contributed by atoms with E-state index in [4.69, 9.17) is 0 Å². The van der Waals surface area contributed by atoms with Gasteiger partial charge >= 0.3 is 0 Å². The lowest BCUT2D eigenvalue weighted by Gasteiger charge is -2.08. The van der Waals surface area contributed by atoms with E-state index in [1.165, 1.54) is 11.3 Å². The Morgan fingerprint density at radius 2 is 1.87 bits per heavy atom. The van der Waals surface area contributed by atoms with Crippen LogP contribution in [0.15, 0.2) is 41.7 Å². The number of aromatic nitrogens is 4. The van der Waals surface area contributed by atoms with Crippen LogP contribution in [0.1, 0.15) is 21.3 Å². The minimum absolute atomic E-state index is 0.00768. The summed E-state index contributed by atoms with van der Waals surface area (Å²) in [5.41, 5.74) is 0.997. The Hall–Kier alpha value is -2.06. The molecule has 6 nitrogen and oxygen atoms in total. The summed E-state index contributed by atoms with van der Waals surface area (Å²) in [6.45, 7) is 4.07. The van der Waals surface area contributed by atoms with Gasteiger partial charge < -0.3 is 0 Å². The van der Waals surface area contributed by atoms with Crippen LogP contribution in [0.25, 0.3) is 0 Å². The van der Waals surface area contributed by atoms with Crippen LogP contribution >= 0.6 is 11.3 Å². The van der Waals surface area contributed by atoms with Crippen LogP contribution in [0.3, 0.4) is 0 Å². The van der Waals surface area contributed by atoms with Crippen LogP contribution in [0.2, 0.25) is 0 Å². The van der Waals surface area contributed by atoms with E-state index in [1.54, 1.807) is 17.7 Å². The highest BCUT2D eigenvalue weighted by Gasteiger charge is 2.25. The molecule has 23 heavy (non-hydrogen) atoms. The van der Waals surface area contributed by atoms with Gasteiger partial charge in [0.1, 0.15) is 16.6 Å². The molecule has 3 aromatic rings. The summed E-state index contributed by atoms with van der Waals surface area (Å²) in [4.78, 5) is 5.11. The molecule has 0 amide bonds. The van der Waals surface area contributed by atoms with E-state index in [0.717, 1.165) is 10.4 Å². The highest BCUT2D eigenvalue weighted by molar-refractivity contribution is 7.90. The third-order valence-electron chi connectivity index (χ3n) is 3.35. The van der Waals surface area contributed by atoms with E-state index in [1.807, 2.05) is 37.3 Å². The van der Waals surface area contributed by atoms with Crippen LogP contribution in [0.4, 0.5) is 0 Å². The molecule has 0 aliphatic rings. The standard InChI is InChI=1S/C15H16N4O2S2/c1-11-8-16-14(22-11)10-23(20,21)15-18-17-12(2)19(15)9-13-6-4-3-5-7-13/h3-8H,9-10H2,1-2H3. The second-order valence-corrected chi connectivity index (χ2v) is 8.43. The molecule has 0 bridgehead atoms. The molecule has 0 spiro atoms. The Kier molecular flexibility index (Phi) is 4.27. The van der Waals surface area contributed by atoms with Crippen molar-refractivity contribution in [3.8, 4) is 0 Å². The van der Waals surface area contributed by atoms with Crippen molar-refractivity contribution in [2.45, 2.75) is 31.3 Å². The van der Waals surface area contributed by atoms with Crippen LogP contribution in [0, 0.1) is 13.8 Å². The molecule has 0 aliphatic carbocycles. The third kappa shape index (κ3) is 3.48. The molecule has 120 valence electrons. The molecule has 0 atom stereocenters. The van der Waals surface area contributed by atoms with Gasteiger partial charge in [-0.2, -0.15) is 0 Å². The fraction of sp³-hybridized carbons (Fsp3) is 0.267. The first-order valence-corrected chi connectivity index (χ1v) is 9.50. The number of nitrogens with zero attached hydrogens (tertiary/aromatic N) is 4. The number of aryl methyl sites for hydroxylation is 2. The first kappa shape index (κ1) is 15.8. The normalized spacial score (nSPS) is 11.7. The molecular weight excluding hydrogens is 332 g/mol. The van der Waals surface area contributed by atoms with Crippen LogP contribution in [-0.4, -0.2) is 28.2 Å². The Bertz CT molecular complexity index is 914. The second kappa shape index (κ2) is 6.21. The zero-order valence-electron chi connectivity index (χ0n) is 12.8. The van der Waals surface area contributed by atoms with E-state index in [0.29, 0.717) is 17.4 Å². The summed E-state index contributed by atoms with van der Waals surface area (Å²) >= 11 is 1.38. The van der Waals surface area contributed by atoms with Crippen LogP contribution < -0.4 is 0 Å². The Morgan fingerprint density at radius 3 is 2.52 bits per heavy atom. The summed E-state index contributed by atoms with van der Waals surface area (Å²) in [6.07, 6.45) is 1.68. The monoisotopic (exact) mass is 348 g/mol. The quantitative estimate of drug-likeness (QED) is 0.707. The number of benzene rings is 1. The molecule has 0 saturated heterocycles. The van der Waals surface area contributed by atoms with Crippen molar-refractivity contribution in [3.05, 3.63) is 57.8 Å². The zero-order valence-corrected chi connectivity index (χ0v) is 14.4. The Balaban J connectivity index is 1.93. The van der Waals surface area contributed by atoms with Crippen molar-refractivity contribution in [1.82, 2.24) is 19.7 Å². The zero-order chi connectivity index (χ0) is 16.4. The maximum atomic E-state index is 12.7. The van der Waals surface area contributed by atoms with E-state index in [-0.39, 0.29) is 10.9 Å². The van der Waals surface area contributed by atoms with Gasteiger partial charge in [-0.3, -0.25) is 4.57 Å². The van der Waals surface area contributed by atoms with Crippen molar-refractivity contribution < 1.29 is 8.42 Å². The maximum absolute atomic E-state index is 12.7. The van der Waals surface area contributed by atoms with Crippen LogP contribution in [-0.2, 0) is 22.1 Å². The summed E-state index contributed by atoms with van der Waals surface area (Å²) in [5.74, 6) is 0.418. The summed E-state index contributed by atoms with van der Waals surface area (Å²) < 4.78 is 27.0. The van der Waals surface area contributed by atoms with E-state index < -0.39 is 9.84 Å². The lowest BCUT2D eigenvalue weighted by molar-refractivity contribution is 0.569. The third-order valence-corrected chi connectivity index (χ3v) is 5.95. The number of hydrogen-bond acceptors (Lipinski definition) is 6. The van der Waals surface area contributed by atoms with Crippen molar-refractivity contribution in [2.24, 2.45) is 0 Å². The minimum atomic E-state index is -3.59. The molecule has 0 saturated carbocycles. The lowest BCUT2D eigenvalue weighted by atomic mass is 10.2. The van der Waals surface area contributed by atoms with Gasteiger partial charge in [-0.15, -0.1) is 21.5 Å². The number of thiazole rings is 1. The molecule has 2 aromatic heterocycles. The molecule has 2 heterocycles. The number of hydrogen-bond donors (Lipinski definition) is 0. The largest absolute Gasteiger partial charge is 0.298 e. The fourth-order valence-corrected chi connectivity index (χ4v) is 4.74. The number of rotatable bonds is 5. The van der Waals surface area contributed by atoms with Gasteiger partial charge in [-0.05, 0) is 19.4 Å². The summed E-state index contributed by atoms with van der Waals surface area (Å²) in [5, 5.41) is 8.39. The maximum Gasteiger partial charge on any atom is 0.250 e. The van der Waals surface area contributed by atoms with Crippen molar-refractivity contribution in [2.75, 3.05) is 0 Å². The Morgan fingerprint density at radius 1 is 1.13 bits per heavy atom. The average molecular weight is 348 g/mol. The van der Waals surface area contributed by atoms with Gasteiger partial charge in [0.15, 0.2) is 0 Å². The average Bonchev–Trinajstić information content (AvgIpc) is 3.07. The smallest absolute Gasteiger partial charge is 0.250 e. The highest BCUT2D eigenvalue weighted by Crippen LogP contribution is 2.20. The van der Waals surface area contributed by atoms with E-state index in [9.17, 15) is 8.42 Å².